The number of nitrogens with two attached hydrogens (primary N) is 2. The number of hydrogen-bond donors (Lipinski definition) is 4. The fraction of sp³-hybridized carbons (Fsp3) is 0. The number of hydrogen-bond acceptors (Lipinski definition) is 6. The number of carbonyl (C=O) groups excluding carboxylic acids is 1. The molecule has 2 aromatic rings. The maximum absolute atomic E-state index is 10.3. The molecule has 8 N–H and O–H groups in total. The number of primary amides is 1. The number of carboxylic acids is 1. The van der Waals surface area contributed by atoms with Crippen molar-refractivity contribution in [1.82, 2.24) is 9.97 Å². The molecule has 9 heteroatoms. The molecule has 0 spiro atoms. The van der Waals surface area contributed by atoms with Crippen LogP contribution < -0.4 is 11.5 Å². The van der Waals surface area contributed by atoms with Crippen LogP contribution in [0.2, 0.25) is 0 Å². The zero-order valence-corrected chi connectivity index (χ0v) is 10.7. The van der Waals surface area contributed by atoms with Gasteiger partial charge in [0.25, 0.3) is 5.91 Å². The third-order valence-electron chi connectivity index (χ3n) is 2.07. The second-order valence-corrected chi connectivity index (χ2v) is 3.54. The highest BCUT2D eigenvalue weighted by Crippen LogP contribution is 2.19. The summed E-state index contributed by atoms with van der Waals surface area (Å²) in [6.07, 6.45) is 4.22. The number of carboxylic acid groups (broad SMARTS) is 1. The van der Waals surface area contributed by atoms with Gasteiger partial charge in [0.15, 0.2) is 0 Å². The Bertz CT molecular complexity index is 618. The fourth-order valence-electron chi connectivity index (χ4n) is 1.16. The van der Waals surface area contributed by atoms with Crippen LogP contribution in [0.3, 0.4) is 0 Å². The van der Waals surface area contributed by atoms with Crippen molar-refractivity contribution in [2.24, 2.45) is 5.73 Å². The lowest BCUT2D eigenvalue weighted by Gasteiger charge is -1.98. The van der Waals surface area contributed by atoms with Gasteiger partial charge in [0.1, 0.15) is 17.0 Å². The summed E-state index contributed by atoms with van der Waals surface area (Å²) in [5.41, 5.74) is 10.5. The number of phenols is 1. The lowest BCUT2D eigenvalue weighted by Crippen LogP contribution is -2.12. The topological polar surface area (TPSA) is 184 Å². The molecule has 2 rings (SSSR count). The molecule has 0 bridgehead atoms. The van der Waals surface area contributed by atoms with Crippen molar-refractivity contribution in [1.29, 1.82) is 0 Å². The van der Waals surface area contributed by atoms with E-state index in [-0.39, 0.29) is 22.5 Å². The minimum absolute atomic E-state index is 0. The molecule has 0 aliphatic heterocycles. The van der Waals surface area contributed by atoms with Crippen LogP contribution in [0.25, 0.3) is 0 Å². The zero-order chi connectivity index (χ0) is 15.1. The maximum atomic E-state index is 10.3. The summed E-state index contributed by atoms with van der Waals surface area (Å²) < 4.78 is 0. The first-order chi connectivity index (χ1) is 9.41. The van der Waals surface area contributed by atoms with Crippen molar-refractivity contribution in [3.63, 3.8) is 0 Å². The lowest BCUT2D eigenvalue weighted by atomic mass is 10.2. The Balaban J connectivity index is 0.000000370. The van der Waals surface area contributed by atoms with E-state index in [0.29, 0.717) is 5.69 Å². The zero-order valence-electron chi connectivity index (χ0n) is 10.7. The number of anilines is 1. The van der Waals surface area contributed by atoms with Gasteiger partial charge >= 0.3 is 5.97 Å². The van der Waals surface area contributed by atoms with Crippen LogP contribution in [0.15, 0.2) is 36.8 Å². The molecule has 0 aliphatic carbocycles. The van der Waals surface area contributed by atoms with Gasteiger partial charge in [-0.1, -0.05) is 0 Å². The average Bonchev–Trinajstić information content (AvgIpc) is 2.40. The van der Waals surface area contributed by atoms with E-state index < -0.39 is 11.9 Å². The van der Waals surface area contributed by atoms with Gasteiger partial charge in [0, 0.05) is 24.1 Å². The maximum Gasteiger partial charge on any atom is 0.339 e. The number of nitrogens with zero attached hydrogens (tertiary/aromatic N) is 2. The van der Waals surface area contributed by atoms with Gasteiger partial charge in [0.05, 0.1) is 6.20 Å². The average molecular weight is 294 g/mol. The summed E-state index contributed by atoms with van der Waals surface area (Å²) in [4.78, 5) is 27.9. The SMILES string of the molecule is NC(=O)c1cnccn1.Nc1ccc(C(=O)O)c(O)c1.O. The molecular weight excluding hydrogens is 280 g/mol. The summed E-state index contributed by atoms with van der Waals surface area (Å²) in [6, 6.07) is 3.87. The molecule has 1 aromatic carbocycles. The summed E-state index contributed by atoms with van der Waals surface area (Å²) >= 11 is 0. The minimum Gasteiger partial charge on any atom is -0.507 e. The number of aromatic carboxylic acids is 1. The molecule has 0 saturated heterocycles. The monoisotopic (exact) mass is 294 g/mol. The Morgan fingerprint density at radius 2 is 1.86 bits per heavy atom. The summed E-state index contributed by atoms with van der Waals surface area (Å²) in [5, 5.41) is 17.5. The third kappa shape index (κ3) is 5.53. The number of benzene rings is 1. The summed E-state index contributed by atoms with van der Waals surface area (Å²) in [5.74, 6) is -2.02. The Morgan fingerprint density at radius 3 is 2.24 bits per heavy atom. The number of carbonyl (C=O) groups is 2. The van der Waals surface area contributed by atoms with Crippen molar-refractivity contribution in [2.75, 3.05) is 5.73 Å². The molecule has 0 atom stereocenters. The third-order valence-corrected chi connectivity index (χ3v) is 2.07. The van der Waals surface area contributed by atoms with Crippen LogP contribution >= 0.6 is 0 Å². The van der Waals surface area contributed by atoms with E-state index in [1.807, 2.05) is 0 Å². The first-order valence-corrected chi connectivity index (χ1v) is 5.29. The summed E-state index contributed by atoms with van der Waals surface area (Å²) in [7, 11) is 0. The number of aromatic nitrogens is 2. The van der Waals surface area contributed by atoms with E-state index in [1.54, 1.807) is 0 Å². The Hall–Kier alpha value is -3.20. The molecule has 1 heterocycles. The standard InChI is InChI=1S/C7H7NO3.C5H5N3O.H2O/c8-4-1-2-5(7(10)11)6(9)3-4;6-5(9)4-3-7-1-2-8-4;/h1-3,9H,8H2,(H,10,11);1-3H,(H2,6,9);1H2. The van der Waals surface area contributed by atoms with E-state index in [4.69, 9.17) is 21.7 Å². The fourth-order valence-corrected chi connectivity index (χ4v) is 1.16. The molecular formula is C12H14N4O5. The van der Waals surface area contributed by atoms with Gasteiger partial charge in [-0.25, -0.2) is 9.78 Å². The number of rotatable bonds is 2. The van der Waals surface area contributed by atoms with Gasteiger partial charge < -0.3 is 27.2 Å². The highest BCUT2D eigenvalue weighted by Gasteiger charge is 2.07. The van der Waals surface area contributed by atoms with Crippen LogP contribution in [-0.4, -0.2) is 37.5 Å². The van der Waals surface area contributed by atoms with Crippen molar-refractivity contribution >= 4 is 17.6 Å². The van der Waals surface area contributed by atoms with E-state index in [9.17, 15) is 9.59 Å². The van der Waals surface area contributed by atoms with Crippen molar-refractivity contribution in [2.45, 2.75) is 0 Å². The molecule has 0 radical (unpaired) electrons. The molecule has 21 heavy (non-hydrogen) atoms. The van der Waals surface area contributed by atoms with Gasteiger partial charge in [-0.05, 0) is 12.1 Å². The first kappa shape index (κ1) is 17.8. The van der Waals surface area contributed by atoms with Crippen LogP contribution in [-0.2, 0) is 0 Å². The Kier molecular flexibility index (Phi) is 6.84. The second kappa shape index (κ2) is 8.07. The van der Waals surface area contributed by atoms with Gasteiger partial charge in [-0.15, -0.1) is 0 Å². The molecule has 9 nitrogen and oxygen atoms in total. The quantitative estimate of drug-likeness (QED) is 0.533. The van der Waals surface area contributed by atoms with E-state index in [1.165, 1.54) is 36.8 Å². The smallest absolute Gasteiger partial charge is 0.339 e. The van der Waals surface area contributed by atoms with E-state index >= 15 is 0 Å². The van der Waals surface area contributed by atoms with Gasteiger partial charge in [0.2, 0.25) is 0 Å². The Morgan fingerprint density at radius 1 is 1.19 bits per heavy atom. The second-order valence-electron chi connectivity index (χ2n) is 3.54. The van der Waals surface area contributed by atoms with Crippen LogP contribution in [0.5, 0.6) is 5.75 Å². The predicted molar refractivity (Wildman–Crippen MR) is 73.6 cm³/mol. The Labute approximate surface area is 119 Å². The largest absolute Gasteiger partial charge is 0.507 e. The van der Waals surface area contributed by atoms with Crippen molar-refractivity contribution < 1.29 is 25.3 Å². The highest BCUT2D eigenvalue weighted by molar-refractivity contribution is 5.91. The highest BCUT2D eigenvalue weighted by atomic mass is 16.4. The molecule has 1 amide bonds. The van der Waals surface area contributed by atoms with E-state index in [0.717, 1.165) is 0 Å². The number of aromatic hydroxyl groups is 1. The van der Waals surface area contributed by atoms with Crippen molar-refractivity contribution in [3.8, 4) is 5.75 Å². The number of nitrogen functional groups attached to an aromatic ring is 1. The van der Waals surface area contributed by atoms with Crippen LogP contribution in [0, 0.1) is 0 Å². The minimum atomic E-state index is -1.16. The predicted octanol–water partition coefficient (Wildman–Crippen LogP) is -0.577. The molecule has 1 aromatic heterocycles. The molecule has 112 valence electrons. The number of amides is 1. The lowest BCUT2D eigenvalue weighted by molar-refractivity contribution is 0.0693. The normalized spacial score (nSPS) is 8.76. The van der Waals surface area contributed by atoms with Crippen LogP contribution in [0.4, 0.5) is 5.69 Å². The molecule has 0 saturated carbocycles. The van der Waals surface area contributed by atoms with Crippen LogP contribution in [0.1, 0.15) is 20.8 Å². The molecule has 0 fully saturated rings. The van der Waals surface area contributed by atoms with Crippen molar-refractivity contribution in [3.05, 3.63) is 48.0 Å². The van der Waals surface area contributed by atoms with Gasteiger partial charge in [-0.3, -0.25) is 9.78 Å². The van der Waals surface area contributed by atoms with Gasteiger partial charge in [-0.2, -0.15) is 0 Å². The van der Waals surface area contributed by atoms with E-state index in [2.05, 4.69) is 9.97 Å². The molecule has 0 aliphatic rings. The summed E-state index contributed by atoms with van der Waals surface area (Å²) in [6.45, 7) is 0. The molecule has 0 unspecified atom stereocenters. The first-order valence-electron chi connectivity index (χ1n) is 5.29.